The Balaban J connectivity index is 1.93. The molecular formula is C29H41N3O5. The van der Waals surface area contributed by atoms with Crippen LogP contribution >= 0.6 is 0 Å². The highest BCUT2D eigenvalue weighted by atomic mass is 16.6. The van der Waals surface area contributed by atoms with Crippen molar-refractivity contribution in [2.24, 2.45) is 11.3 Å². The van der Waals surface area contributed by atoms with E-state index in [0.29, 0.717) is 24.2 Å². The van der Waals surface area contributed by atoms with Crippen LogP contribution in [0.5, 0.6) is 0 Å². The minimum absolute atomic E-state index is 0.000518. The van der Waals surface area contributed by atoms with Crippen LogP contribution in [0.3, 0.4) is 0 Å². The Hall–Kier alpha value is -3.13. The van der Waals surface area contributed by atoms with Crippen LogP contribution in [0, 0.1) is 11.3 Å². The van der Waals surface area contributed by atoms with E-state index < -0.39 is 22.7 Å². The number of carbonyl (C=O) groups excluding carboxylic acids is 2. The van der Waals surface area contributed by atoms with E-state index in [9.17, 15) is 19.5 Å². The number of likely N-dealkylation sites (tertiary alicyclic amines) is 1. The number of aliphatic hydroxyl groups is 1. The van der Waals surface area contributed by atoms with E-state index >= 15 is 0 Å². The lowest BCUT2D eigenvalue weighted by molar-refractivity contribution is -0.126. The number of rotatable bonds is 6. The number of hydrogen-bond acceptors (Lipinski definition) is 5. The first kappa shape index (κ1) is 28.4. The average Bonchev–Trinajstić information content (AvgIpc) is 2.80. The summed E-state index contributed by atoms with van der Waals surface area (Å²) in [6, 6.07) is 10.8. The molecule has 3 rings (SSSR count). The molecule has 1 aromatic carbocycles. The standard InChI is InChI=1S/C29H41N3O5/c1-20(2)16-30-25(34)23-17-32(24(33)15-22(23)21-11-9-8-10-12-21)19-29(36)13-14-31(18-28(29,6)7)26(35)37-27(3,4)5/h8-12,15,17,20,36H,13-14,16,18-19H2,1-7H3,(H,30,34). The molecule has 202 valence electrons. The number of carbonyl (C=O) groups is 2. The number of ether oxygens (including phenoxy) is 1. The molecular weight excluding hydrogens is 470 g/mol. The molecule has 8 nitrogen and oxygen atoms in total. The van der Waals surface area contributed by atoms with Crippen LogP contribution in [-0.2, 0) is 11.3 Å². The zero-order chi connectivity index (χ0) is 27.6. The minimum Gasteiger partial charge on any atom is -0.444 e. The molecule has 0 spiro atoms. The molecule has 1 unspecified atom stereocenters. The fraction of sp³-hybridized carbons (Fsp3) is 0.552. The van der Waals surface area contributed by atoms with Gasteiger partial charge >= 0.3 is 6.09 Å². The van der Waals surface area contributed by atoms with Gasteiger partial charge in [0, 0.05) is 42.9 Å². The van der Waals surface area contributed by atoms with Crippen molar-refractivity contribution in [1.82, 2.24) is 14.8 Å². The summed E-state index contributed by atoms with van der Waals surface area (Å²) in [7, 11) is 0. The van der Waals surface area contributed by atoms with Gasteiger partial charge < -0.3 is 24.6 Å². The highest BCUT2D eigenvalue weighted by Crippen LogP contribution is 2.40. The zero-order valence-corrected chi connectivity index (χ0v) is 23.1. The highest BCUT2D eigenvalue weighted by Gasteiger charge is 2.49. The molecule has 0 saturated carbocycles. The molecule has 37 heavy (non-hydrogen) atoms. The van der Waals surface area contributed by atoms with Crippen molar-refractivity contribution in [1.29, 1.82) is 0 Å². The molecule has 2 amide bonds. The number of piperidine rings is 1. The van der Waals surface area contributed by atoms with Crippen molar-refractivity contribution < 1.29 is 19.4 Å². The average molecular weight is 512 g/mol. The van der Waals surface area contributed by atoms with Crippen LogP contribution in [0.25, 0.3) is 11.1 Å². The van der Waals surface area contributed by atoms with E-state index in [1.807, 2.05) is 78.8 Å². The largest absolute Gasteiger partial charge is 0.444 e. The van der Waals surface area contributed by atoms with Crippen molar-refractivity contribution in [3.63, 3.8) is 0 Å². The predicted molar refractivity (Wildman–Crippen MR) is 144 cm³/mol. The number of pyridine rings is 1. The third-order valence-electron chi connectivity index (χ3n) is 6.85. The Morgan fingerprint density at radius 1 is 1.16 bits per heavy atom. The fourth-order valence-electron chi connectivity index (χ4n) is 4.55. The monoisotopic (exact) mass is 511 g/mol. The maximum absolute atomic E-state index is 13.2. The van der Waals surface area contributed by atoms with E-state index in [2.05, 4.69) is 5.32 Å². The smallest absolute Gasteiger partial charge is 0.410 e. The van der Waals surface area contributed by atoms with Gasteiger partial charge in [0.05, 0.1) is 17.7 Å². The van der Waals surface area contributed by atoms with E-state index in [0.717, 1.165) is 5.56 Å². The quantitative estimate of drug-likeness (QED) is 0.602. The summed E-state index contributed by atoms with van der Waals surface area (Å²) in [6.45, 7) is 14.3. The topological polar surface area (TPSA) is 101 Å². The molecule has 1 aliphatic rings. The lowest BCUT2D eigenvalue weighted by atomic mass is 9.70. The van der Waals surface area contributed by atoms with Gasteiger partial charge in [0.15, 0.2) is 0 Å². The summed E-state index contributed by atoms with van der Waals surface area (Å²) in [4.78, 5) is 40.7. The summed E-state index contributed by atoms with van der Waals surface area (Å²) in [5.74, 6) is -0.000929. The number of amides is 2. The predicted octanol–water partition coefficient (Wildman–Crippen LogP) is 4.30. The van der Waals surface area contributed by atoms with Crippen LogP contribution in [-0.4, -0.2) is 57.4 Å². The molecule has 0 aliphatic carbocycles. The molecule has 1 aromatic heterocycles. The van der Waals surface area contributed by atoms with Gasteiger partial charge in [-0.3, -0.25) is 9.59 Å². The summed E-state index contributed by atoms with van der Waals surface area (Å²) >= 11 is 0. The lowest BCUT2D eigenvalue weighted by Crippen LogP contribution is -2.61. The van der Waals surface area contributed by atoms with Crippen molar-refractivity contribution in [2.75, 3.05) is 19.6 Å². The third-order valence-corrected chi connectivity index (χ3v) is 6.85. The fourth-order valence-corrected chi connectivity index (χ4v) is 4.55. The van der Waals surface area contributed by atoms with E-state index in [1.54, 1.807) is 11.1 Å². The van der Waals surface area contributed by atoms with Gasteiger partial charge in [0.2, 0.25) is 0 Å². The van der Waals surface area contributed by atoms with E-state index in [1.165, 1.54) is 10.6 Å². The molecule has 8 heteroatoms. The maximum Gasteiger partial charge on any atom is 0.410 e. The van der Waals surface area contributed by atoms with Crippen LogP contribution in [0.1, 0.15) is 65.2 Å². The molecule has 1 saturated heterocycles. The second-order valence-corrected chi connectivity index (χ2v) is 12.1. The lowest BCUT2D eigenvalue weighted by Gasteiger charge is -2.50. The Morgan fingerprint density at radius 2 is 1.81 bits per heavy atom. The Kier molecular flexibility index (Phi) is 8.22. The number of nitrogens with zero attached hydrogens (tertiary/aromatic N) is 2. The molecule has 1 atom stereocenters. The van der Waals surface area contributed by atoms with Gasteiger partial charge in [-0.1, -0.05) is 58.0 Å². The summed E-state index contributed by atoms with van der Waals surface area (Å²) in [5, 5.41) is 14.7. The number of nitrogens with one attached hydrogen (secondary N) is 1. The normalized spacial score (nSPS) is 19.5. The van der Waals surface area contributed by atoms with Crippen LogP contribution in [0.4, 0.5) is 4.79 Å². The molecule has 1 fully saturated rings. The molecule has 0 bridgehead atoms. The maximum atomic E-state index is 13.2. The first-order chi connectivity index (χ1) is 17.1. The Labute approximate surface area is 219 Å². The first-order valence-electron chi connectivity index (χ1n) is 12.9. The van der Waals surface area contributed by atoms with Gasteiger partial charge in [0.25, 0.3) is 11.5 Å². The van der Waals surface area contributed by atoms with Crippen molar-refractivity contribution >= 4 is 12.0 Å². The van der Waals surface area contributed by atoms with E-state index in [-0.39, 0.29) is 36.9 Å². The van der Waals surface area contributed by atoms with Gasteiger partial charge in [-0.25, -0.2) is 4.79 Å². The molecule has 2 heterocycles. The Bertz CT molecular complexity index is 1180. The van der Waals surface area contributed by atoms with E-state index in [4.69, 9.17) is 4.74 Å². The first-order valence-corrected chi connectivity index (χ1v) is 12.9. The minimum atomic E-state index is -1.28. The summed E-state index contributed by atoms with van der Waals surface area (Å²) in [6.07, 6.45) is 1.39. The molecule has 0 radical (unpaired) electrons. The number of aromatic nitrogens is 1. The number of hydrogen-bond donors (Lipinski definition) is 2. The molecule has 2 aromatic rings. The van der Waals surface area contributed by atoms with Crippen molar-refractivity contribution in [3.05, 3.63) is 58.5 Å². The Morgan fingerprint density at radius 3 is 2.38 bits per heavy atom. The van der Waals surface area contributed by atoms with Crippen LogP contribution in [0.15, 0.2) is 47.4 Å². The molecule has 2 N–H and O–H groups in total. The van der Waals surface area contributed by atoms with Crippen molar-refractivity contribution in [3.8, 4) is 11.1 Å². The van der Waals surface area contributed by atoms with Gasteiger partial charge in [-0.05, 0) is 38.7 Å². The molecule has 1 aliphatic heterocycles. The second-order valence-electron chi connectivity index (χ2n) is 12.1. The second kappa shape index (κ2) is 10.7. The SMILES string of the molecule is CC(C)CNC(=O)c1cn(CC2(O)CCN(C(=O)OC(C)(C)C)CC2(C)C)c(=O)cc1-c1ccccc1. The summed E-state index contributed by atoms with van der Waals surface area (Å²) in [5.41, 5.74) is -1.25. The van der Waals surface area contributed by atoms with Crippen LogP contribution < -0.4 is 10.9 Å². The number of benzene rings is 1. The van der Waals surface area contributed by atoms with Crippen molar-refractivity contribution in [2.45, 2.75) is 72.6 Å². The van der Waals surface area contributed by atoms with Gasteiger partial charge in [-0.15, -0.1) is 0 Å². The third kappa shape index (κ3) is 6.80. The van der Waals surface area contributed by atoms with Gasteiger partial charge in [-0.2, -0.15) is 0 Å². The van der Waals surface area contributed by atoms with Gasteiger partial charge in [0.1, 0.15) is 5.60 Å². The zero-order valence-electron chi connectivity index (χ0n) is 23.1. The highest BCUT2D eigenvalue weighted by molar-refractivity contribution is 6.00. The summed E-state index contributed by atoms with van der Waals surface area (Å²) < 4.78 is 6.94. The van der Waals surface area contributed by atoms with Crippen LogP contribution in [0.2, 0.25) is 0 Å².